The largest absolute Gasteiger partial charge is 0.497 e. The highest BCUT2D eigenvalue weighted by Crippen LogP contribution is 2.24. The highest BCUT2D eigenvalue weighted by Gasteiger charge is 2.17. The molecule has 0 saturated carbocycles. The molecule has 0 aliphatic heterocycles. The van der Waals surface area contributed by atoms with Crippen LogP contribution in [0, 0.1) is 11.7 Å². The van der Waals surface area contributed by atoms with E-state index in [1.165, 1.54) is 18.2 Å². The normalized spacial score (nSPS) is 12.2. The molecule has 0 spiro atoms. The second kappa shape index (κ2) is 9.04. The Labute approximate surface area is 153 Å². The maximum absolute atomic E-state index is 13.1. The number of carbonyl (C=O) groups excluding carboxylic acids is 1. The number of carbonyl (C=O) groups is 1. The lowest BCUT2D eigenvalue weighted by atomic mass is 9.96. The number of methoxy groups -OCH3 is 2. The highest BCUT2D eigenvalue weighted by atomic mass is 19.1. The maximum atomic E-state index is 13.1. The van der Waals surface area contributed by atoms with Crippen LogP contribution in [0.25, 0.3) is 6.08 Å². The number of halogens is 1. The Kier molecular flexibility index (Phi) is 6.78. The van der Waals surface area contributed by atoms with Crippen LogP contribution in [0.3, 0.4) is 0 Å². The minimum absolute atomic E-state index is 0.162. The molecule has 0 heterocycles. The number of amides is 1. The van der Waals surface area contributed by atoms with E-state index in [0.29, 0.717) is 11.5 Å². The summed E-state index contributed by atoms with van der Waals surface area (Å²) in [5.41, 5.74) is 1.66. The molecule has 1 atom stereocenters. The molecule has 2 rings (SSSR count). The lowest BCUT2D eigenvalue weighted by Crippen LogP contribution is -2.30. The third kappa shape index (κ3) is 5.34. The lowest BCUT2D eigenvalue weighted by molar-refractivity contribution is -0.117. The standard InChI is InChI=1S/C21H24FNO3/c1-14(2)21(16-6-8-17(22)9-7-16)23-20(24)10-5-15-11-18(25-3)13-19(12-15)26-4/h5-14,21H,1-4H3,(H,23,24)/b10-5+. The molecule has 26 heavy (non-hydrogen) atoms. The zero-order chi connectivity index (χ0) is 19.1. The van der Waals surface area contributed by atoms with Crippen molar-refractivity contribution in [2.24, 2.45) is 5.92 Å². The molecule has 138 valence electrons. The molecule has 4 nitrogen and oxygen atoms in total. The van der Waals surface area contributed by atoms with Crippen molar-refractivity contribution < 1.29 is 18.7 Å². The molecule has 2 aromatic rings. The first kappa shape index (κ1) is 19.5. The van der Waals surface area contributed by atoms with Gasteiger partial charge in [0.25, 0.3) is 0 Å². The predicted molar refractivity (Wildman–Crippen MR) is 101 cm³/mol. The van der Waals surface area contributed by atoms with E-state index in [4.69, 9.17) is 9.47 Å². The zero-order valence-corrected chi connectivity index (χ0v) is 15.5. The molecular formula is C21H24FNO3. The molecule has 0 aromatic heterocycles. The number of benzene rings is 2. The maximum Gasteiger partial charge on any atom is 0.244 e. The third-order valence-electron chi connectivity index (χ3n) is 3.99. The summed E-state index contributed by atoms with van der Waals surface area (Å²) >= 11 is 0. The molecule has 0 bridgehead atoms. The van der Waals surface area contributed by atoms with E-state index in [9.17, 15) is 9.18 Å². The van der Waals surface area contributed by atoms with Gasteiger partial charge < -0.3 is 14.8 Å². The van der Waals surface area contributed by atoms with Gasteiger partial charge in [0.05, 0.1) is 20.3 Å². The monoisotopic (exact) mass is 357 g/mol. The number of rotatable bonds is 7. The van der Waals surface area contributed by atoms with Gasteiger partial charge in [-0.3, -0.25) is 4.79 Å². The molecule has 0 aliphatic rings. The van der Waals surface area contributed by atoms with E-state index in [1.54, 1.807) is 38.5 Å². The summed E-state index contributed by atoms with van der Waals surface area (Å²) in [6, 6.07) is 11.4. The van der Waals surface area contributed by atoms with Crippen molar-refractivity contribution >= 4 is 12.0 Å². The molecule has 5 heteroatoms. The van der Waals surface area contributed by atoms with Crippen molar-refractivity contribution in [3.8, 4) is 11.5 Å². The summed E-state index contributed by atoms with van der Waals surface area (Å²) in [4.78, 5) is 12.3. The Morgan fingerprint density at radius 3 is 2.12 bits per heavy atom. The van der Waals surface area contributed by atoms with Crippen molar-refractivity contribution in [3.05, 3.63) is 65.5 Å². The summed E-state index contributed by atoms with van der Waals surface area (Å²) in [5, 5.41) is 2.97. The molecule has 0 fully saturated rings. The van der Waals surface area contributed by atoms with Gasteiger partial charge >= 0.3 is 0 Å². The SMILES string of the molecule is COc1cc(/C=C/C(=O)NC(c2ccc(F)cc2)C(C)C)cc(OC)c1. The number of ether oxygens (including phenoxy) is 2. The summed E-state index contributed by atoms with van der Waals surface area (Å²) in [7, 11) is 3.15. The predicted octanol–water partition coefficient (Wildman–Crippen LogP) is 4.37. The summed E-state index contributed by atoms with van der Waals surface area (Å²) < 4.78 is 23.6. The minimum atomic E-state index is -0.297. The minimum Gasteiger partial charge on any atom is -0.497 e. The van der Waals surface area contributed by atoms with Crippen LogP contribution in [0.1, 0.15) is 31.0 Å². The van der Waals surface area contributed by atoms with Gasteiger partial charge in [0, 0.05) is 12.1 Å². The quantitative estimate of drug-likeness (QED) is 0.749. The van der Waals surface area contributed by atoms with Gasteiger partial charge in [-0.05, 0) is 47.4 Å². The Hall–Kier alpha value is -2.82. The Morgan fingerprint density at radius 2 is 1.62 bits per heavy atom. The van der Waals surface area contributed by atoms with Crippen LogP contribution in [-0.2, 0) is 4.79 Å². The topological polar surface area (TPSA) is 47.6 Å². The van der Waals surface area contributed by atoms with Gasteiger partial charge in [-0.2, -0.15) is 0 Å². The first-order valence-corrected chi connectivity index (χ1v) is 8.40. The van der Waals surface area contributed by atoms with Crippen molar-refractivity contribution in [1.82, 2.24) is 5.32 Å². The Bertz CT molecular complexity index is 747. The molecule has 0 saturated heterocycles. The van der Waals surface area contributed by atoms with Gasteiger partial charge in [-0.1, -0.05) is 26.0 Å². The Morgan fingerprint density at radius 1 is 1.04 bits per heavy atom. The van der Waals surface area contributed by atoms with Gasteiger partial charge in [-0.25, -0.2) is 4.39 Å². The Balaban J connectivity index is 2.13. The molecular weight excluding hydrogens is 333 g/mol. The van der Waals surface area contributed by atoms with E-state index < -0.39 is 0 Å². The molecule has 1 unspecified atom stereocenters. The van der Waals surface area contributed by atoms with Crippen molar-refractivity contribution in [3.63, 3.8) is 0 Å². The number of hydrogen-bond acceptors (Lipinski definition) is 3. The average molecular weight is 357 g/mol. The first-order valence-electron chi connectivity index (χ1n) is 8.40. The second-order valence-electron chi connectivity index (χ2n) is 6.26. The van der Waals surface area contributed by atoms with Crippen molar-refractivity contribution in [2.75, 3.05) is 14.2 Å². The van der Waals surface area contributed by atoms with E-state index in [-0.39, 0.29) is 23.7 Å². The van der Waals surface area contributed by atoms with Crippen molar-refractivity contribution in [1.29, 1.82) is 0 Å². The highest BCUT2D eigenvalue weighted by molar-refractivity contribution is 5.92. The van der Waals surface area contributed by atoms with E-state index in [2.05, 4.69) is 5.32 Å². The molecule has 0 radical (unpaired) electrons. The lowest BCUT2D eigenvalue weighted by Gasteiger charge is -2.22. The van der Waals surface area contributed by atoms with Crippen LogP contribution in [0.15, 0.2) is 48.5 Å². The summed E-state index contributed by atoms with van der Waals surface area (Å²) in [6.45, 7) is 4.01. The average Bonchev–Trinajstić information content (AvgIpc) is 2.64. The van der Waals surface area contributed by atoms with Crippen LogP contribution in [-0.4, -0.2) is 20.1 Å². The zero-order valence-electron chi connectivity index (χ0n) is 15.5. The fourth-order valence-electron chi connectivity index (χ4n) is 2.60. The second-order valence-corrected chi connectivity index (χ2v) is 6.26. The van der Waals surface area contributed by atoms with E-state index in [1.807, 2.05) is 26.0 Å². The van der Waals surface area contributed by atoms with Crippen LogP contribution in [0.5, 0.6) is 11.5 Å². The van der Waals surface area contributed by atoms with E-state index in [0.717, 1.165) is 11.1 Å². The van der Waals surface area contributed by atoms with Gasteiger partial charge in [0.15, 0.2) is 0 Å². The smallest absolute Gasteiger partial charge is 0.244 e. The van der Waals surface area contributed by atoms with Crippen molar-refractivity contribution in [2.45, 2.75) is 19.9 Å². The fraction of sp³-hybridized carbons (Fsp3) is 0.286. The van der Waals surface area contributed by atoms with Crippen LogP contribution in [0.4, 0.5) is 4.39 Å². The van der Waals surface area contributed by atoms with Crippen LogP contribution >= 0.6 is 0 Å². The summed E-state index contributed by atoms with van der Waals surface area (Å²) in [5.74, 6) is 0.936. The van der Waals surface area contributed by atoms with Crippen LogP contribution in [0.2, 0.25) is 0 Å². The number of hydrogen-bond donors (Lipinski definition) is 1. The van der Waals surface area contributed by atoms with Gasteiger partial charge in [0.1, 0.15) is 17.3 Å². The summed E-state index contributed by atoms with van der Waals surface area (Å²) in [6.07, 6.45) is 3.16. The molecule has 1 N–H and O–H groups in total. The van der Waals surface area contributed by atoms with Crippen LogP contribution < -0.4 is 14.8 Å². The molecule has 1 amide bonds. The third-order valence-corrected chi connectivity index (χ3v) is 3.99. The molecule has 2 aromatic carbocycles. The number of nitrogens with one attached hydrogen (secondary N) is 1. The van der Waals surface area contributed by atoms with Gasteiger partial charge in [-0.15, -0.1) is 0 Å². The van der Waals surface area contributed by atoms with Gasteiger partial charge in [0.2, 0.25) is 5.91 Å². The van der Waals surface area contributed by atoms with E-state index >= 15 is 0 Å². The fourth-order valence-corrected chi connectivity index (χ4v) is 2.60. The molecule has 0 aliphatic carbocycles. The first-order chi connectivity index (χ1) is 12.4.